The standard InChI is InChI=1S/C10H7BrF3N3O/c11-7-2-1-5(3-6(7)10(12,13)14)9-17-16-8(4-15)18-9/h1-3H,4,15H2. The molecule has 18 heavy (non-hydrogen) atoms. The summed E-state index contributed by atoms with van der Waals surface area (Å²) in [5.41, 5.74) is 4.67. The van der Waals surface area contributed by atoms with E-state index in [4.69, 9.17) is 10.2 Å². The van der Waals surface area contributed by atoms with Crippen LogP contribution in [0.25, 0.3) is 11.5 Å². The Morgan fingerprint density at radius 2 is 2.00 bits per heavy atom. The minimum absolute atomic E-state index is 0.00782. The Labute approximate surface area is 108 Å². The van der Waals surface area contributed by atoms with Gasteiger partial charge in [0.1, 0.15) is 0 Å². The van der Waals surface area contributed by atoms with Gasteiger partial charge in [0.25, 0.3) is 0 Å². The molecule has 0 bridgehead atoms. The smallest absolute Gasteiger partial charge is 0.417 e. The van der Waals surface area contributed by atoms with E-state index in [2.05, 4.69) is 26.1 Å². The Hall–Kier alpha value is -1.41. The molecule has 0 saturated carbocycles. The van der Waals surface area contributed by atoms with Crippen molar-refractivity contribution in [1.82, 2.24) is 10.2 Å². The predicted octanol–water partition coefficient (Wildman–Crippen LogP) is 2.98. The molecular formula is C10H7BrF3N3O. The van der Waals surface area contributed by atoms with Crippen molar-refractivity contribution in [2.75, 3.05) is 0 Å². The van der Waals surface area contributed by atoms with E-state index in [9.17, 15) is 13.2 Å². The molecule has 0 aliphatic rings. The van der Waals surface area contributed by atoms with E-state index < -0.39 is 11.7 Å². The van der Waals surface area contributed by atoms with Gasteiger partial charge in [-0.3, -0.25) is 0 Å². The van der Waals surface area contributed by atoms with Crippen LogP contribution in [0.3, 0.4) is 0 Å². The van der Waals surface area contributed by atoms with E-state index in [0.717, 1.165) is 6.07 Å². The first-order chi connectivity index (χ1) is 8.41. The molecular weight excluding hydrogens is 315 g/mol. The van der Waals surface area contributed by atoms with E-state index in [1.165, 1.54) is 12.1 Å². The highest BCUT2D eigenvalue weighted by Gasteiger charge is 2.33. The first-order valence-corrected chi connectivity index (χ1v) is 5.60. The summed E-state index contributed by atoms with van der Waals surface area (Å²) in [6, 6.07) is 3.68. The third kappa shape index (κ3) is 2.54. The number of aromatic nitrogens is 2. The second kappa shape index (κ2) is 4.69. The Balaban J connectivity index is 2.47. The van der Waals surface area contributed by atoms with Crippen molar-refractivity contribution < 1.29 is 17.6 Å². The zero-order valence-corrected chi connectivity index (χ0v) is 10.4. The average molecular weight is 322 g/mol. The highest BCUT2D eigenvalue weighted by molar-refractivity contribution is 9.10. The second-order valence-corrected chi connectivity index (χ2v) is 4.25. The Bertz CT molecular complexity index is 568. The Kier molecular flexibility index (Phi) is 3.40. The zero-order chi connectivity index (χ0) is 13.3. The van der Waals surface area contributed by atoms with Crippen molar-refractivity contribution >= 4 is 15.9 Å². The first kappa shape index (κ1) is 13.0. The van der Waals surface area contributed by atoms with E-state index in [0.29, 0.717) is 0 Å². The van der Waals surface area contributed by atoms with Gasteiger partial charge in [-0.15, -0.1) is 10.2 Å². The molecule has 96 valence electrons. The molecule has 0 fully saturated rings. The summed E-state index contributed by atoms with van der Waals surface area (Å²) in [4.78, 5) is 0. The van der Waals surface area contributed by atoms with E-state index in [-0.39, 0.29) is 28.4 Å². The van der Waals surface area contributed by atoms with Gasteiger partial charge in [-0.1, -0.05) is 15.9 Å². The summed E-state index contributed by atoms with van der Waals surface area (Å²) in [6.45, 7) is 0.0374. The molecule has 2 rings (SSSR count). The summed E-state index contributed by atoms with van der Waals surface area (Å²) in [7, 11) is 0. The lowest BCUT2D eigenvalue weighted by atomic mass is 10.1. The number of hydrogen-bond acceptors (Lipinski definition) is 4. The Morgan fingerprint density at radius 1 is 1.28 bits per heavy atom. The predicted molar refractivity (Wildman–Crippen MR) is 60.3 cm³/mol. The van der Waals surface area contributed by atoms with E-state index in [1.54, 1.807) is 0 Å². The number of rotatable bonds is 2. The average Bonchev–Trinajstić information content (AvgIpc) is 2.76. The molecule has 2 aromatic rings. The van der Waals surface area contributed by atoms with Crippen LogP contribution in [0.1, 0.15) is 11.5 Å². The molecule has 4 nitrogen and oxygen atoms in total. The number of alkyl halides is 3. The van der Waals surface area contributed by atoms with Crippen LogP contribution in [0.15, 0.2) is 27.1 Å². The SMILES string of the molecule is NCc1nnc(-c2ccc(Br)c(C(F)(F)F)c2)o1. The van der Waals surface area contributed by atoms with Crippen LogP contribution in [0.4, 0.5) is 13.2 Å². The summed E-state index contributed by atoms with van der Waals surface area (Å²) < 4.78 is 43.1. The van der Waals surface area contributed by atoms with Crippen LogP contribution < -0.4 is 5.73 Å². The van der Waals surface area contributed by atoms with Gasteiger partial charge in [0.2, 0.25) is 11.8 Å². The first-order valence-electron chi connectivity index (χ1n) is 4.81. The van der Waals surface area contributed by atoms with Crippen LogP contribution in [0, 0.1) is 0 Å². The fourth-order valence-electron chi connectivity index (χ4n) is 1.33. The van der Waals surface area contributed by atoms with Crippen molar-refractivity contribution in [2.45, 2.75) is 12.7 Å². The van der Waals surface area contributed by atoms with Gasteiger partial charge in [-0.2, -0.15) is 13.2 Å². The van der Waals surface area contributed by atoms with Crippen molar-refractivity contribution in [3.05, 3.63) is 34.1 Å². The van der Waals surface area contributed by atoms with Crippen LogP contribution in [0.2, 0.25) is 0 Å². The highest BCUT2D eigenvalue weighted by atomic mass is 79.9. The molecule has 0 saturated heterocycles. The summed E-state index contributed by atoms with van der Waals surface area (Å²) in [5.74, 6) is 0.176. The molecule has 8 heteroatoms. The maximum atomic E-state index is 12.7. The lowest BCUT2D eigenvalue weighted by Gasteiger charge is -2.09. The molecule has 0 radical (unpaired) electrons. The fourth-order valence-corrected chi connectivity index (χ4v) is 1.80. The topological polar surface area (TPSA) is 64.9 Å². The third-order valence-electron chi connectivity index (χ3n) is 2.16. The largest absolute Gasteiger partial charge is 0.419 e. The van der Waals surface area contributed by atoms with Gasteiger partial charge in [0, 0.05) is 10.0 Å². The zero-order valence-electron chi connectivity index (χ0n) is 8.83. The number of nitrogens with zero attached hydrogens (tertiary/aromatic N) is 2. The number of halogens is 4. The van der Waals surface area contributed by atoms with E-state index in [1.807, 2.05) is 0 Å². The molecule has 2 N–H and O–H groups in total. The Morgan fingerprint density at radius 3 is 2.56 bits per heavy atom. The number of nitrogens with two attached hydrogens (primary N) is 1. The quantitative estimate of drug-likeness (QED) is 0.923. The second-order valence-electron chi connectivity index (χ2n) is 3.40. The summed E-state index contributed by atoms with van der Waals surface area (Å²) in [6.07, 6.45) is -4.45. The van der Waals surface area contributed by atoms with Crippen LogP contribution in [0.5, 0.6) is 0 Å². The molecule has 0 aliphatic heterocycles. The van der Waals surface area contributed by atoms with Gasteiger partial charge in [0.15, 0.2) is 0 Å². The van der Waals surface area contributed by atoms with E-state index >= 15 is 0 Å². The summed E-state index contributed by atoms with van der Waals surface area (Å²) in [5, 5.41) is 7.22. The monoisotopic (exact) mass is 321 g/mol. The molecule has 0 aliphatic carbocycles. The minimum atomic E-state index is -4.45. The van der Waals surface area contributed by atoms with Crippen molar-refractivity contribution in [3.63, 3.8) is 0 Å². The van der Waals surface area contributed by atoms with Gasteiger partial charge in [-0.25, -0.2) is 0 Å². The van der Waals surface area contributed by atoms with Gasteiger partial charge < -0.3 is 10.2 Å². The van der Waals surface area contributed by atoms with Crippen LogP contribution in [-0.4, -0.2) is 10.2 Å². The van der Waals surface area contributed by atoms with Gasteiger partial charge in [0.05, 0.1) is 12.1 Å². The van der Waals surface area contributed by atoms with Gasteiger partial charge in [-0.05, 0) is 18.2 Å². The molecule has 0 amide bonds. The normalized spacial score (nSPS) is 11.8. The lowest BCUT2D eigenvalue weighted by molar-refractivity contribution is -0.138. The molecule has 1 aromatic carbocycles. The molecule has 0 atom stereocenters. The number of benzene rings is 1. The molecule has 1 heterocycles. The third-order valence-corrected chi connectivity index (χ3v) is 2.85. The van der Waals surface area contributed by atoms with Gasteiger partial charge >= 0.3 is 6.18 Å². The summed E-state index contributed by atoms with van der Waals surface area (Å²) >= 11 is 2.85. The minimum Gasteiger partial charge on any atom is -0.419 e. The molecule has 0 unspecified atom stereocenters. The van der Waals surface area contributed by atoms with Crippen LogP contribution >= 0.6 is 15.9 Å². The maximum absolute atomic E-state index is 12.7. The molecule has 0 spiro atoms. The van der Waals surface area contributed by atoms with Crippen molar-refractivity contribution in [2.24, 2.45) is 5.73 Å². The maximum Gasteiger partial charge on any atom is 0.417 e. The highest BCUT2D eigenvalue weighted by Crippen LogP contribution is 2.37. The van der Waals surface area contributed by atoms with Crippen molar-refractivity contribution in [3.8, 4) is 11.5 Å². The molecule has 1 aromatic heterocycles. The van der Waals surface area contributed by atoms with Crippen LogP contribution in [-0.2, 0) is 12.7 Å². The number of hydrogen-bond donors (Lipinski definition) is 1. The lowest BCUT2D eigenvalue weighted by Crippen LogP contribution is -2.06. The fraction of sp³-hybridized carbons (Fsp3) is 0.200. The van der Waals surface area contributed by atoms with Crippen molar-refractivity contribution in [1.29, 1.82) is 0 Å².